The van der Waals surface area contributed by atoms with Gasteiger partial charge < -0.3 is 0 Å². The molecule has 2 rings (SSSR count). The lowest BCUT2D eigenvalue weighted by Crippen LogP contribution is -2.00. The standard InChI is InChI=1S/C14H18O/c1-10-3-4-12(7-11(10)2)8-13-5-6-14(15)9-13/h3-4,7,13H,5-6,8-9H2,1-2H3. The Morgan fingerprint density at radius 2 is 2.07 bits per heavy atom. The minimum absolute atomic E-state index is 0.448. The van der Waals surface area contributed by atoms with Gasteiger partial charge in [0, 0.05) is 12.8 Å². The summed E-state index contributed by atoms with van der Waals surface area (Å²) in [5.74, 6) is 1.04. The van der Waals surface area contributed by atoms with Gasteiger partial charge in [-0.05, 0) is 49.3 Å². The number of rotatable bonds is 2. The third-order valence-electron chi connectivity index (χ3n) is 3.44. The van der Waals surface area contributed by atoms with Crippen molar-refractivity contribution in [2.75, 3.05) is 0 Å². The quantitative estimate of drug-likeness (QED) is 0.719. The van der Waals surface area contributed by atoms with Gasteiger partial charge >= 0.3 is 0 Å². The monoisotopic (exact) mass is 202 g/mol. The molecule has 0 N–H and O–H groups in total. The average Bonchev–Trinajstić information content (AvgIpc) is 2.58. The summed E-state index contributed by atoms with van der Waals surface area (Å²) >= 11 is 0. The SMILES string of the molecule is Cc1ccc(CC2CCC(=O)C2)cc1C. The third-order valence-corrected chi connectivity index (χ3v) is 3.44. The Balaban J connectivity index is 2.05. The second kappa shape index (κ2) is 4.18. The van der Waals surface area contributed by atoms with E-state index in [9.17, 15) is 4.79 Å². The second-order valence-electron chi connectivity index (χ2n) is 4.77. The summed E-state index contributed by atoms with van der Waals surface area (Å²) < 4.78 is 0. The van der Waals surface area contributed by atoms with E-state index in [0.29, 0.717) is 11.7 Å². The van der Waals surface area contributed by atoms with Crippen LogP contribution in [-0.4, -0.2) is 5.78 Å². The molecule has 0 saturated heterocycles. The van der Waals surface area contributed by atoms with Crippen LogP contribution in [0.2, 0.25) is 0 Å². The lowest BCUT2D eigenvalue weighted by molar-refractivity contribution is -0.117. The first-order chi connectivity index (χ1) is 7.15. The highest BCUT2D eigenvalue weighted by Crippen LogP contribution is 2.26. The molecule has 80 valence electrons. The highest BCUT2D eigenvalue weighted by molar-refractivity contribution is 5.80. The fourth-order valence-electron chi connectivity index (χ4n) is 2.33. The van der Waals surface area contributed by atoms with E-state index in [-0.39, 0.29) is 0 Å². The van der Waals surface area contributed by atoms with Gasteiger partial charge in [0.1, 0.15) is 5.78 Å². The number of ketones is 1. The van der Waals surface area contributed by atoms with Crippen molar-refractivity contribution in [2.45, 2.75) is 39.5 Å². The van der Waals surface area contributed by atoms with Crippen LogP contribution >= 0.6 is 0 Å². The van der Waals surface area contributed by atoms with E-state index in [1.54, 1.807) is 0 Å². The Morgan fingerprint density at radius 3 is 2.67 bits per heavy atom. The number of benzene rings is 1. The maximum Gasteiger partial charge on any atom is 0.133 e. The zero-order valence-corrected chi connectivity index (χ0v) is 9.55. The lowest BCUT2D eigenvalue weighted by Gasteiger charge is -2.09. The van der Waals surface area contributed by atoms with E-state index in [0.717, 1.165) is 25.7 Å². The number of hydrogen-bond acceptors (Lipinski definition) is 1. The molecule has 0 radical (unpaired) electrons. The van der Waals surface area contributed by atoms with Crippen LogP contribution in [0.15, 0.2) is 18.2 Å². The smallest absolute Gasteiger partial charge is 0.133 e. The molecular weight excluding hydrogens is 184 g/mol. The van der Waals surface area contributed by atoms with Crippen molar-refractivity contribution in [3.8, 4) is 0 Å². The van der Waals surface area contributed by atoms with Gasteiger partial charge in [0.2, 0.25) is 0 Å². The third kappa shape index (κ3) is 2.47. The maximum atomic E-state index is 11.2. The molecule has 1 saturated carbocycles. The fraction of sp³-hybridized carbons (Fsp3) is 0.500. The summed E-state index contributed by atoms with van der Waals surface area (Å²) in [6.45, 7) is 4.29. The molecular formula is C14H18O. The van der Waals surface area contributed by atoms with Crippen LogP contribution in [0.5, 0.6) is 0 Å². The topological polar surface area (TPSA) is 17.1 Å². The highest BCUT2D eigenvalue weighted by Gasteiger charge is 2.21. The number of Topliss-reactive ketones (excluding diaryl/α,β-unsaturated/α-hetero) is 1. The molecule has 1 fully saturated rings. The molecule has 15 heavy (non-hydrogen) atoms. The highest BCUT2D eigenvalue weighted by atomic mass is 16.1. The molecule has 0 bridgehead atoms. The van der Waals surface area contributed by atoms with Crippen LogP contribution in [0.25, 0.3) is 0 Å². The van der Waals surface area contributed by atoms with Crippen molar-refractivity contribution in [2.24, 2.45) is 5.92 Å². The van der Waals surface area contributed by atoms with Crippen molar-refractivity contribution in [1.29, 1.82) is 0 Å². The Morgan fingerprint density at radius 1 is 1.27 bits per heavy atom. The molecule has 0 heterocycles. The van der Waals surface area contributed by atoms with Gasteiger partial charge in [-0.1, -0.05) is 18.2 Å². The van der Waals surface area contributed by atoms with Crippen molar-refractivity contribution in [3.63, 3.8) is 0 Å². The number of aryl methyl sites for hydroxylation is 2. The van der Waals surface area contributed by atoms with Crippen molar-refractivity contribution in [3.05, 3.63) is 34.9 Å². The predicted molar refractivity (Wildman–Crippen MR) is 62.0 cm³/mol. The van der Waals surface area contributed by atoms with Gasteiger partial charge in [-0.2, -0.15) is 0 Å². The van der Waals surface area contributed by atoms with Crippen LogP contribution < -0.4 is 0 Å². The van der Waals surface area contributed by atoms with Gasteiger partial charge in [0.15, 0.2) is 0 Å². The van der Waals surface area contributed by atoms with Crippen LogP contribution in [0.3, 0.4) is 0 Å². The van der Waals surface area contributed by atoms with E-state index in [2.05, 4.69) is 32.0 Å². The molecule has 0 amide bonds. The van der Waals surface area contributed by atoms with E-state index >= 15 is 0 Å². The minimum Gasteiger partial charge on any atom is -0.300 e. The summed E-state index contributed by atoms with van der Waals surface area (Å²) in [6, 6.07) is 6.64. The molecule has 0 spiro atoms. The van der Waals surface area contributed by atoms with Gasteiger partial charge in [0.05, 0.1) is 0 Å². The molecule has 1 aromatic rings. The van der Waals surface area contributed by atoms with Crippen LogP contribution in [0.1, 0.15) is 36.0 Å². The summed E-state index contributed by atoms with van der Waals surface area (Å²) in [4.78, 5) is 11.2. The summed E-state index contributed by atoms with van der Waals surface area (Å²) in [5, 5.41) is 0. The molecule has 1 unspecified atom stereocenters. The van der Waals surface area contributed by atoms with E-state index in [1.807, 2.05) is 0 Å². The first-order valence-electron chi connectivity index (χ1n) is 5.73. The van der Waals surface area contributed by atoms with Crippen molar-refractivity contribution < 1.29 is 4.79 Å². The van der Waals surface area contributed by atoms with Crippen LogP contribution in [0, 0.1) is 19.8 Å². The van der Waals surface area contributed by atoms with E-state index < -0.39 is 0 Å². The van der Waals surface area contributed by atoms with Gasteiger partial charge in [-0.3, -0.25) is 4.79 Å². The average molecular weight is 202 g/mol. The predicted octanol–water partition coefficient (Wildman–Crippen LogP) is 3.22. The molecule has 0 aromatic heterocycles. The summed E-state index contributed by atoms with van der Waals surface area (Å²) in [6.07, 6.45) is 3.76. The van der Waals surface area contributed by atoms with Crippen LogP contribution in [0.4, 0.5) is 0 Å². The number of carbonyl (C=O) groups is 1. The first-order valence-corrected chi connectivity index (χ1v) is 5.73. The van der Waals surface area contributed by atoms with Crippen molar-refractivity contribution in [1.82, 2.24) is 0 Å². The van der Waals surface area contributed by atoms with E-state index in [1.165, 1.54) is 16.7 Å². The van der Waals surface area contributed by atoms with Gasteiger partial charge in [-0.15, -0.1) is 0 Å². The normalized spacial score (nSPS) is 20.9. The van der Waals surface area contributed by atoms with Gasteiger partial charge in [0.25, 0.3) is 0 Å². The number of hydrogen-bond donors (Lipinski definition) is 0. The minimum atomic E-state index is 0.448. The molecule has 1 heteroatoms. The molecule has 1 aliphatic rings. The Bertz CT molecular complexity index is 379. The molecule has 1 aromatic carbocycles. The first kappa shape index (κ1) is 10.4. The van der Waals surface area contributed by atoms with Crippen LogP contribution in [-0.2, 0) is 11.2 Å². The zero-order valence-electron chi connectivity index (χ0n) is 9.55. The lowest BCUT2D eigenvalue weighted by atomic mass is 9.96. The summed E-state index contributed by atoms with van der Waals surface area (Å²) in [5.41, 5.74) is 4.09. The van der Waals surface area contributed by atoms with Crippen molar-refractivity contribution >= 4 is 5.78 Å². The largest absolute Gasteiger partial charge is 0.300 e. The Hall–Kier alpha value is -1.11. The second-order valence-corrected chi connectivity index (χ2v) is 4.77. The maximum absolute atomic E-state index is 11.2. The number of carbonyl (C=O) groups excluding carboxylic acids is 1. The summed E-state index contributed by atoms with van der Waals surface area (Å²) in [7, 11) is 0. The Kier molecular flexibility index (Phi) is 2.90. The Labute approximate surface area is 91.5 Å². The molecule has 1 nitrogen and oxygen atoms in total. The fourth-order valence-corrected chi connectivity index (χ4v) is 2.33. The zero-order chi connectivity index (χ0) is 10.8. The van der Waals surface area contributed by atoms with E-state index in [4.69, 9.17) is 0 Å². The van der Waals surface area contributed by atoms with Gasteiger partial charge in [-0.25, -0.2) is 0 Å². The molecule has 0 aliphatic heterocycles. The molecule has 1 atom stereocenters. The molecule has 1 aliphatic carbocycles.